The van der Waals surface area contributed by atoms with Gasteiger partial charge in [0.2, 0.25) is 0 Å². The Morgan fingerprint density at radius 1 is 1.30 bits per heavy atom. The molecule has 0 amide bonds. The lowest BCUT2D eigenvalue weighted by Crippen LogP contribution is -2.42. The lowest BCUT2D eigenvalue weighted by Gasteiger charge is -2.32. The first-order valence-corrected chi connectivity index (χ1v) is 7.01. The molecule has 0 radical (unpaired) electrons. The highest BCUT2D eigenvalue weighted by molar-refractivity contribution is 5.57. The van der Waals surface area contributed by atoms with Crippen LogP contribution in [0.25, 0.3) is 0 Å². The Kier molecular flexibility index (Phi) is 3.54. The number of morpholine rings is 1. The van der Waals surface area contributed by atoms with Gasteiger partial charge in [-0.15, -0.1) is 0 Å². The molecule has 2 aliphatic rings. The summed E-state index contributed by atoms with van der Waals surface area (Å²) in [6, 6.07) is 6.36. The van der Waals surface area contributed by atoms with Gasteiger partial charge in [0, 0.05) is 12.2 Å². The second kappa shape index (κ2) is 5.48. The van der Waals surface area contributed by atoms with Crippen molar-refractivity contribution in [3.8, 4) is 12.1 Å². The van der Waals surface area contributed by atoms with Crippen LogP contribution in [0.1, 0.15) is 29.7 Å². The standard InChI is InChI=1S/C15H16N4O/c16-8-12-7-11-3-1-2-4-14(11)18-15(12)19-5-6-20-13(9-17)10-19/h7,13H,1-6,10H2. The quantitative estimate of drug-likeness (QED) is 0.772. The Labute approximate surface area is 118 Å². The molecule has 5 heteroatoms. The molecule has 0 aromatic carbocycles. The first kappa shape index (κ1) is 12.9. The number of fused-ring (bicyclic) bond motifs is 1. The third-order valence-electron chi connectivity index (χ3n) is 3.91. The van der Waals surface area contributed by atoms with E-state index in [0.717, 1.165) is 30.8 Å². The Balaban J connectivity index is 1.96. The van der Waals surface area contributed by atoms with Crippen molar-refractivity contribution in [1.82, 2.24) is 4.98 Å². The average Bonchev–Trinajstić information content (AvgIpc) is 2.53. The van der Waals surface area contributed by atoms with Crippen molar-refractivity contribution in [2.45, 2.75) is 31.8 Å². The van der Waals surface area contributed by atoms with Crippen molar-refractivity contribution < 1.29 is 4.74 Å². The first-order valence-electron chi connectivity index (χ1n) is 7.01. The van der Waals surface area contributed by atoms with Crippen molar-refractivity contribution in [3.63, 3.8) is 0 Å². The third-order valence-corrected chi connectivity index (χ3v) is 3.91. The molecule has 20 heavy (non-hydrogen) atoms. The minimum atomic E-state index is -0.437. The molecule has 5 nitrogen and oxygen atoms in total. The van der Waals surface area contributed by atoms with E-state index in [9.17, 15) is 5.26 Å². The second-order valence-corrected chi connectivity index (χ2v) is 5.22. The highest BCUT2D eigenvalue weighted by Gasteiger charge is 2.25. The third kappa shape index (κ3) is 2.33. The van der Waals surface area contributed by atoms with Crippen molar-refractivity contribution in [2.75, 3.05) is 24.6 Å². The molecule has 0 spiro atoms. The lowest BCUT2D eigenvalue weighted by atomic mass is 9.95. The van der Waals surface area contributed by atoms with Crippen LogP contribution in [-0.2, 0) is 17.6 Å². The molecule has 0 bridgehead atoms. The van der Waals surface area contributed by atoms with E-state index in [2.05, 4.69) is 12.1 Å². The number of rotatable bonds is 1. The van der Waals surface area contributed by atoms with Gasteiger partial charge in [-0.25, -0.2) is 4.98 Å². The van der Waals surface area contributed by atoms with Gasteiger partial charge in [-0.2, -0.15) is 10.5 Å². The van der Waals surface area contributed by atoms with Gasteiger partial charge in [-0.1, -0.05) is 0 Å². The molecule has 1 atom stereocenters. The largest absolute Gasteiger partial charge is 0.360 e. The van der Waals surface area contributed by atoms with Gasteiger partial charge in [-0.3, -0.25) is 0 Å². The fourth-order valence-corrected chi connectivity index (χ4v) is 2.87. The van der Waals surface area contributed by atoms with Crippen LogP contribution in [0.4, 0.5) is 5.82 Å². The lowest BCUT2D eigenvalue weighted by molar-refractivity contribution is 0.0761. The summed E-state index contributed by atoms with van der Waals surface area (Å²) >= 11 is 0. The van der Waals surface area contributed by atoms with Gasteiger partial charge >= 0.3 is 0 Å². The highest BCUT2D eigenvalue weighted by Crippen LogP contribution is 2.27. The zero-order valence-electron chi connectivity index (χ0n) is 11.3. The molecule has 102 valence electrons. The van der Waals surface area contributed by atoms with Crippen molar-refractivity contribution in [1.29, 1.82) is 10.5 Å². The number of ether oxygens (including phenoxy) is 1. The van der Waals surface area contributed by atoms with Gasteiger partial charge in [0.15, 0.2) is 6.10 Å². The van der Waals surface area contributed by atoms with Crippen LogP contribution in [0.15, 0.2) is 6.07 Å². The summed E-state index contributed by atoms with van der Waals surface area (Å²) in [5, 5.41) is 18.3. The monoisotopic (exact) mass is 268 g/mol. The van der Waals surface area contributed by atoms with Crippen molar-refractivity contribution in [3.05, 3.63) is 22.9 Å². The van der Waals surface area contributed by atoms with Crippen LogP contribution in [0.2, 0.25) is 0 Å². The minimum absolute atomic E-state index is 0.437. The molecule has 1 unspecified atom stereocenters. The van der Waals surface area contributed by atoms with E-state index in [1.165, 1.54) is 12.0 Å². The van der Waals surface area contributed by atoms with E-state index in [1.54, 1.807) is 0 Å². The van der Waals surface area contributed by atoms with Crippen molar-refractivity contribution >= 4 is 5.82 Å². The van der Waals surface area contributed by atoms with E-state index in [1.807, 2.05) is 11.0 Å². The second-order valence-electron chi connectivity index (χ2n) is 5.22. The molecule has 1 fully saturated rings. The molecule has 0 saturated carbocycles. The molecule has 3 rings (SSSR count). The SMILES string of the molecule is N#Cc1cc2c(nc1N1CCOC(C#N)C1)CCCC2. The van der Waals surface area contributed by atoms with E-state index >= 15 is 0 Å². The summed E-state index contributed by atoms with van der Waals surface area (Å²) in [7, 11) is 0. The molecule has 2 heterocycles. The maximum absolute atomic E-state index is 9.36. The predicted octanol–water partition coefficient (Wildman–Crippen LogP) is 1.56. The van der Waals surface area contributed by atoms with Crippen LogP contribution in [0.5, 0.6) is 0 Å². The van der Waals surface area contributed by atoms with E-state index in [-0.39, 0.29) is 0 Å². The number of aromatic nitrogens is 1. The molecular formula is C15H16N4O. The number of hydrogen-bond acceptors (Lipinski definition) is 5. The smallest absolute Gasteiger partial charge is 0.161 e. The number of nitriles is 2. The highest BCUT2D eigenvalue weighted by atomic mass is 16.5. The fraction of sp³-hybridized carbons (Fsp3) is 0.533. The maximum Gasteiger partial charge on any atom is 0.161 e. The number of nitrogens with zero attached hydrogens (tertiary/aromatic N) is 4. The van der Waals surface area contributed by atoms with Gasteiger partial charge in [0.1, 0.15) is 11.9 Å². The number of aryl methyl sites for hydroxylation is 2. The molecule has 1 aliphatic carbocycles. The van der Waals surface area contributed by atoms with Gasteiger partial charge in [-0.05, 0) is 37.3 Å². The Morgan fingerprint density at radius 2 is 2.15 bits per heavy atom. The minimum Gasteiger partial charge on any atom is -0.360 e. The molecule has 0 N–H and O–H groups in total. The molecule has 1 saturated heterocycles. The number of anilines is 1. The molecule has 1 aromatic rings. The van der Waals surface area contributed by atoms with Crippen LogP contribution < -0.4 is 4.90 Å². The number of hydrogen-bond donors (Lipinski definition) is 0. The summed E-state index contributed by atoms with van der Waals surface area (Å²) < 4.78 is 5.35. The molecule has 1 aromatic heterocycles. The predicted molar refractivity (Wildman–Crippen MR) is 73.2 cm³/mol. The Bertz CT molecular complexity index is 599. The topological polar surface area (TPSA) is 72.9 Å². The summed E-state index contributed by atoms with van der Waals surface area (Å²) in [5.41, 5.74) is 2.94. The van der Waals surface area contributed by atoms with Crippen LogP contribution in [0, 0.1) is 22.7 Å². The summed E-state index contributed by atoms with van der Waals surface area (Å²) in [6.45, 7) is 1.66. The normalized spacial score (nSPS) is 21.7. The van der Waals surface area contributed by atoms with Crippen LogP contribution in [-0.4, -0.2) is 30.8 Å². The average molecular weight is 268 g/mol. The summed E-state index contributed by atoms with van der Waals surface area (Å²) in [6.07, 6.45) is 3.90. The van der Waals surface area contributed by atoms with Gasteiger partial charge in [0.25, 0.3) is 0 Å². The van der Waals surface area contributed by atoms with E-state index in [0.29, 0.717) is 25.3 Å². The maximum atomic E-state index is 9.36. The molecule has 1 aliphatic heterocycles. The fourth-order valence-electron chi connectivity index (χ4n) is 2.87. The summed E-state index contributed by atoms with van der Waals surface area (Å²) in [4.78, 5) is 6.72. The molecular weight excluding hydrogens is 252 g/mol. The van der Waals surface area contributed by atoms with Crippen LogP contribution >= 0.6 is 0 Å². The van der Waals surface area contributed by atoms with E-state index < -0.39 is 6.10 Å². The Morgan fingerprint density at radius 3 is 2.95 bits per heavy atom. The first-order chi connectivity index (χ1) is 9.81. The van der Waals surface area contributed by atoms with Crippen LogP contribution in [0.3, 0.4) is 0 Å². The van der Waals surface area contributed by atoms with Crippen molar-refractivity contribution in [2.24, 2.45) is 0 Å². The summed E-state index contributed by atoms with van der Waals surface area (Å²) in [5.74, 6) is 0.719. The van der Waals surface area contributed by atoms with Gasteiger partial charge in [0.05, 0.1) is 24.8 Å². The van der Waals surface area contributed by atoms with E-state index in [4.69, 9.17) is 15.0 Å². The Hall–Kier alpha value is -2.11. The number of pyridine rings is 1. The zero-order valence-corrected chi connectivity index (χ0v) is 11.3. The van der Waals surface area contributed by atoms with Gasteiger partial charge < -0.3 is 9.64 Å². The zero-order chi connectivity index (χ0) is 13.9.